The van der Waals surface area contributed by atoms with Crippen molar-refractivity contribution in [3.8, 4) is 0 Å². The van der Waals surface area contributed by atoms with Crippen molar-refractivity contribution < 1.29 is 13.2 Å². The molecule has 0 saturated heterocycles. The number of benzene rings is 1. The summed E-state index contributed by atoms with van der Waals surface area (Å²) in [6.45, 7) is 5.32. The lowest BCUT2D eigenvalue weighted by Crippen LogP contribution is -2.36. The van der Waals surface area contributed by atoms with Crippen LogP contribution in [-0.4, -0.2) is 49.5 Å². The Hall–Kier alpha value is -1.86. The van der Waals surface area contributed by atoms with E-state index in [1.807, 2.05) is 24.4 Å². The summed E-state index contributed by atoms with van der Waals surface area (Å²) in [6, 6.07) is 8.06. The molecule has 2 N–H and O–H groups in total. The van der Waals surface area contributed by atoms with Gasteiger partial charge in [-0.25, -0.2) is 12.7 Å². The fraction of sp³-hybridized carbons (Fsp3) is 0.526. The van der Waals surface area contributed by atoms with Crippen LogP contribution < -0.4 is 5.32 Å². The summed E-state index contributed by atoms with van der Waals surface area (Å²) in [5.74, 6) is 0.298. The van der Waals surface area contributed by atoms with E-state index in [0.717, 1.165) is 23.9 Å². The SMILES string of the molecule is CC(C)CCN(CCC(=O)NCCc1c[nH]c2ccccc12)S(C)(=O)=O. The zero-order chi connectivity index (χ0) is 19.2. The number of carbonyl (C=O) groups is 1. The molecule has 0 aliphatic carbocycles. The summed E-state index contributed by atoms with van der Waals surface area (Å²) in [5, 5.41) is 4.05. The standard InChI is InChI=1S/C19H29N3O3S/c1-15(2)9-12-22(26(3,24)25)13-10-19(23)20-11-8-16-14-21-18-7-5-4-6-17(16)18/h4-7,14-15,21H,8-13H2,1-3H3,(H,20,23). The van der Waals surface area contributed by atoms with Gasteiger partial charge >= 0.3 is 0 Å². The zero-order valence-electron chi connectivity index (χ0n) is 15.8. The Morgan fingerprint density at radius 3 is 2.65 bits per heavy atom. The number of hydrogen-bond donors (Lipinski definition) is 2. The molecule has 0 saturated carbocycles. The highest BCUT2D eigenvalue weighted by Crippen LogP contribution is 2.17. The molecule has 2 aromatic rings. The molecule has 1 aromatic heterocycles. The van der Waals surface area contributed by atoms with Crippen molar-refractivity contribution in [2.75, 3.05) is 25.9 Å². The predicted molar refractivity (Wildman–Crippen MR) is 106 cm³/mol. The van der Waals surface area contributed by atoms with Gasteiger partial charge in [-0.05, 0) is 30.4 Å². The normalized spacial score (nSPS) is 12.2. The van der Waals surface area contributed by atoms with E-state index in [1.54, 1.807) is 0 Å². The van der Waals surface area contributed by atoms with Crippen LogP contribution >= 0.6 is 0 Å². The molecule has 0 fully saturated rings. The number of sulfonamides is 1. The minimum atomic E-state index is -3.29. The first-order valence-corrected chi connectivity index (χ1v) is 10.9. The lowest BCUT2D eigenvalue weighted by molar-refractivity contribution is -0.121. The molecule has 6 nitrogen and oxygen atoms in total. The van der Waals surface area contributed by atoms with Gasteiger partial charge in [0.1, 0.15) is 0 Å². The fourth-order valence-corrected chi connectivity index (χ4v) is 3.70. The number of nitrogens with zero attached hydrogens (tertiary/aromatic N) is 1. The molecule has 0 atom stereocenters. The Labute approximate surface area is 156 Å². The van der Waals surface area contributed by atoms with E-state index in [2.05, 4.69) is 30.2 Å². The van der Waals surface area contributed by atoms with Gasteiger partial charge in [0.15, 0.2) is 0 Å². The van der Waals surface area contributed by atoms with Crippen LogP contribution in [0.15, 0.2) is 30.5 Å². The molecule has 1 amide bonds. The fourth-order valence-electron chi connectivity index (χ4n) is 2.84. The number of hydrogen-bond acceptors (Lipinski definition) is 3. The average molecular weight is 380 g/mol. The lowest BCUT2D eigenvalue weighted by Gasteiger charge is -2.20. The third-order valence-corrected chi connectivity index (χ3v) is 5.71. The van der Waals surface area contributed by atoms with E-state index in [-0.39, 0.29) is 18.9 Å². The number of H-pyrrole nitrogens is 1. The molecule has 7 heteroatoms. The van der Waals surface area contributed by atoms with Crippen LogP contribution in [0.1, 0.15) is 32.3 Å². The van der Waals surface area contributed by atoms with Crippen molar-refractivity contribution in [1.29, 1.82) is 0 Å². The van der Waals surface area contributed by atoms with E-state index >= 15 is 0 Å². The second-order valence-corrected chi connectivity index (χ2v) is 9.04. The molecule has 0 spiro atoms. The number of aromatic amines is 1. The van der Waals surface area contributed by atoms with Crippen LogP contribution in [0.2, 0.25) is 0 Å². The van der Waals surface area contributed by atoms with Gasteiger partial charge < -0.3 is 10.3 Å². The molecule has 0 bridgehead atoms. The number of rotatable bonds is 10. The average Bonchev–Trinajstić information content (AvgIpc) is 2.96. The minimum Gasteiger partial charge on any atom is -0.361 e. The van der Waals surface area contributed by atoms with Crippen LogP contribution in [0.4, 0.5) is 0 Å². The molecule has 1 aromatic carbocycles. The Balaban J connectivity index is 1.78. The van der Waals surface area contributed by atoms with Gasteiger partial charge in [-0.2, -0.15) is 0 Å². The summed E-state index contributed by atoms with van der Waals surface area (Å²) in [4.78, 5) is 15.3. The van der Waals surface area contributed by atoms with Crippen LogP contribution in [0.5, 0.6) is 0 Å². The van der Waals surface area contributed by atoms with Gasteiger partial charge in [0, 0.05) is 43.2 Å². The first kappa shape index (κ1) is 20.5. The first-order chi connectivity index (χ1) is 12.3. The number of para-hydroxylation sites is 1. The Morgan fingerprint density at radius 2 is 1.96 bits per heavy atom. The van der Waals surface area contributed by atoms with Gasteiger partial charge in [0.05, 0.1) is 6.26 Å². The zero-order valence-corrected chi connectivity index (χ0v) is 16.6. The van der Waals surface area contributed by atoms with Crippen molar-refractivity contribution in [2.45, 2.75) is 33.1 Å². The Bertz CT molecular complexity index is 827. The summed E-state index contributed by atoms with van der Waals surface area (Å²) < 4.78 is 25.1. The van der Waals surface area contributed by atoms with Crippen LogP contribution in [0.3, 0.4) is 0 Å². The molecule has 144 valence electrons. The van der Waals surface area contributed by atoms with E-state index < -0.39 is 10.0 Å². The highest BCUT2D eigenvalue weighted by atomic mass is 32.2. The maximum Gasteiger partial charge on any atom is 0.221 e. The van der Waals surface area contributed by atoms with Gasteiger partial charge in [-0.1, -0.05) is 32.0 Å². The van der Waals surface area contributed by atoms with Crippen molar-refractivity contribution in [1.82, 2.24) is 14.6 Å². The molecular formula is C19H29N3O3S. The largest absolute Gasteiger partial charge is 0.361 e. The van der Waals surface area contributed by atoms with Crippen molar-refractivity contribution in [3.05, 3.63) is 36.0 Å². The highest BCUT2D eigenvalue weighted by Gasteiger charge is 2.18. The predicted octanol–water partition coefficient (Wildman–Crippen LogP) is 2.52. The number of amides is 1. The van der Waals surface area contributed by atoms with E-state index in [4.69, 9.17) is 0 Å². The van der Waals surface area contributed by atoms with Crippen LogP contribution in [-0.2, 0) is 21.2 Å². The summed E-state index contributed by atoms with van der Waals surface area (Å²) in [7, 11) is -3.29. The molecule has 0 aliphatic rings. The Morgan fingerprint density at radius 1 is 1.23 bits per heavy atom. The van der Waals surface area contributed by atoms with Crippen molar-refractivity contribution >= 4 is 26.8 Å². The quantitative estimate of drug-likeness (QED) is 0.665. The molecule has 2 rings (SSSR count). The third-order valence-electron chi connectivity index (χ3n) is 4.40. The van der Waals surface area contributed by atoms with Gasteiger partial charge in [0.25, 0.3) is 0 Å². The monoisotopic (exact) mass is 379 g/mol. The van der Waals surface area contributed by atoms with Crippen molar-refractivity contribution in [2.24, 2.45) is 5.92 Å². The Kier molecular flexibility index (Phi) is 7.23. The molecule has 0 unspecified atom stereocenters. The second-order valence-electron chi connectivity index (χ2n) is 7.05. The first-order valence-electron chi connectivity index (χ1n) is 9.04. The molecule has 0 radical (unpaired) electrons. The van der Waals surface area contributed by atoms with Gasteiger partial charge in [-0.15, -0.1) is 0 Å². The van der Waals surface area contributed by atoms with Crippen molar-refractivity contribution in [3.63, 3.8) is 0 Å². The summed E-state index contributed by atoms with van der Waals surface area (Å²) in [5.41, 5.74) is 2.25. The maximum absolute atomic E-state index is 12.1. The van der Waals surface area contributed by atoms with E-state index in [0.29, 0.717) is 19.0 Å². The van der Waals surface area contributed by atoms with Gasteiger partial charge in [-0.3, -0.25) is 4.79 Å². The van der Waals surface area contributed by atoms with E-state index in [9.17, 15) is 13.2 Å². The van der Waals surface area contributed by atoms with Gasteiger partial charge in [0.2, 0.25) is 15.9 Å². The summed E-state index contributed by atoms with van der Waals surface area (Å²) >= 11 is 0. The maximum atomic E-state index is 12.1. The highest BCUT2D eigenvalue weighted by molar-refractivity contribution is 7.88. The molecular weight excluding hydrogens is 350 g/mol. The topological polar surface area (TPSA) is 82.3 Å². The smallest absolute Gasteiger partial charge is 0.221 e. The lowest BCUT2D eigenvalue weighted by atomic mass is 10.1. The second kappa shape index (κ2) is 9.19. The summed E-state index contributed by atoms with van der Waals surface area (Å²) in [6.07, 6.45) is 4.86. The molecule has 0 aliphatic heterocycles. The number of nitrogens with one attached hydrogen (secondary N) is 2. The molecule has 26 heavy (non-hydrogen) atoms. The number of fused-ring (bicyclic) bond motifs is 1. The number of aromatic nitrogens is 1. The minimum absolute atomic E-state index is 0.122. The molecule has 1 heterocycles. The van der Waals surface area contributed by atoms with Crippen LogP contribution in [0.25, 0.3) is 10.9 Å². The number of carbonyl (C=O) groups excluding carboxylic acids is 1. The van der Waals surface area contributed by atoms with Crippen LogP contribution in [0, 0.1) is 5.92 Å². The third kappa shape index (κ3) is 6.14. The van der Waals surface area contributed by atoms with E-state index in [1.165, 1.54) is 15.9 Å².